The summed E-state index contributed by atoms with van der Waals surface area (Å²) < 4.78 is 3.47. The monoisotopic (exact) mass is 296 g/mol. The number of hydrogen-bond donors (Lipinski definition) is 1. The Balaban J connectivity index is 2.14. The lowest BCUT2D eigenvalue weighted by Crippen LogP contribution is -2.17. The van der Waals surface area contributed by atoms with Gasteiger partial charge in [-0.15, -0.1) is 0 Å². The molecule has 114 valence electrons. The van der Waals surface area contributed by atoms with Crippen LogP contribution < -0.4 is 5.73 Å². The smallest absolute Gasteiger partial charge is 0.280 e. The highest BCUT2D eigenvalue weighted by Crippen LogP contribution is 2.22. The minimum absolute atomic E-state index is 0.101. The summed E-state index contributed by atoms with van der Waals surface area (Å²) in [5.41, 5.74) is 10.1. The molecule has 5 nitrogen and oxygen atoms in total. The number of para-hydroxylation sites is 1. The van der Waals surface area contributed by atoms with Crippen molar-refractivity contribution in [1.29, 1.82) is 0 Å². The van der Waals surface area contributed by atoms with Crippen LogP contribution in [0.15, 0.2) is 30.5 Å². The van der Waals surface area contributed by atoms with E-state index in [1.54, 1.807) is 0 Å². The average molecular weight is 296 g/mol. The molecule has 0 saturated carbocycles. The highest BCUT2D eigenvalue weighted by molar-refractivity contribution is 6.06. The fourth-order valence-corrected chi connectivity index (χ4v) is 3.02. The van der Waals surface area contributed by atoms with E-state index in [4.69, 9.17) is 5.73 Å². The van der Waals surface area contributed by atoms with Gasteiger partial charge in [0.15, 0.2) is 0 Å². The van der Waals surface area contributed by atoms with Crippen LogP contribution in [0.2, 0.25) is 0 Å². The molecule has 0 saturated heterocycles. The number of rotatable bonds is 3. The van der Waals surface area contributed by atoms with Gasteiger partial charge in [0.25, 0.3) is 5.91 Å². The SMILES string of the molecule is Cc1nn(C(=O)c2cccc3ccn(C)c23)c(C)c1CCN. The van der Waals surface area contributed by atoms with Crippen LogP contribution in [0.3, 0.4) is 0 Å². The molecule has 1 aromatic carbocycles. The normalized spacial score (nSPS) is 11.3. The van der Waals surface area contributed by atoms with Gasteiger partial charge in [-0.2, -0.15) is 5.10 Å². The van der Waals surface area contributed by atoms with E-state index in [0.717, 1.165) is 34.3 Å². The molecule has 0 fully saturated rings. The third-order valence-corrected chi connectivity index (χ3v) is 4.16. The summed E-state index contributed by atoms with van der Waals surface area (Å²) in [5, 5.41) is 5.48. The van der Waals surface area contributed by atoms with Crippen molar-refractivity contribution in [2.45, 2.75) is 20.3 Å². The highest BCUT2D eigenvalue weighted by Gasteiger charge is 2.20. The minimum atomic E-state index is -0.101. The molecule has 0 amide bonds. The molecule has 2 aromatic heterocycles. The van der Waals surface area contributed by atoms with E-state index in [-0.39, 0.29) is 5.91 Å². The number of nitrogens with two attached hydrogens (primary N) is 1. The number of benzene rings is 1. The Kier molecular flexibility index (Phi) is 3.58. The zero-order valence-electron chi connectivity index (χ0n) is 13.1. The first-order valence-corrected chi connectivity index (χ1v) is 7.38. The predicted molar refractivity (Wildman–Crippen MR) is 87.1 cm³/mol. The quantitative estimate of drug-likeness (QED) is 0.805. The fraction of sp³-hybridized carbons (Fsp3) is 0.294. The summed E-state index contributed by atoms with van der Waals surface area (Å²) in [6, 6.07) is 7.77. The Morgan fingerprint density at radius 3 is 2.77 bits per heavy atom. The molecule has 0 unspecified atom stereocenters. The van der Waals surface area contributed by atoms with Crippen LogP contribution in [-0.2, 0) is 13.5 Å². The Morgan fingerprint density at radius 2 is 2.05 bits per heavy atom. The summed E-state index contributed by atoms with van der Waals surface area (Å²) in [6.45, 7) is 4.40. The Labute approximate surface area is 129 Å². The summed E-state index contributed by atoms with van der Waals surface area (Å²) in [7, 11) is 1.94. The molecule has 2 heterocycles. The van der Waals surface area contributed by atoms with E-state index in [2.05, 4.69) is 5.10 Å². The topological polar surface area (TPSA) is 65.8 Å². The maximum Gasteiger partial charge on any atom is 0.280 e. The van der Waals surface area contributed by atoms with Gasteiger partial charge in [-0.3, -0.25) is 4.79 Å². The van der Waals surface area contributed by atoms with Crippen molar-refractivity contribution in [2.24, 2.45) is 12.8 Å². The van der Waals surface area contributed by atoms with Gasteiger partial charge in [0.05, 0.1) is 16.8 Å². The average Bonchev–Trinajstić information content (AvgIpc) is 3.02. The van der Waals surface area contributed by atoms with Crippen LogP contribution in [0.1, 0.15) is 27.3 Å². The summed E-state index contributed by atoms with van der Waals surface area (Å²) in [5.74, 6) is -0.101. The first kappa shape index (κ1) is 14.5. The van der Waals surface area contributed by atoms with Crippen molar-refractivity contribution in [3.63, 3.8) is 0 Å². The first-order chi connectivity index (χ1) is 10.5. The molecule has 22 heavy (non-hydrogen) atoms. The molecule has 2 N–H and O–H groups in total. The maximum atomic E-state index is 13.0. The van der Waals surface area contributed by atoms with Gasteiger partial charge in [0, 0.05) is 24.3 Å². The second-order valence-electron chi connectivity index (χ2n) is 5.58. The van der Waals surface area contributed by atoms with Crippen molar-refractivity contribution >= 4 is 16.8 Å². The number of aryl methyl sites for hydroxylation is 2. The molecule has 0 aliphatic heterocycles. The first-order valence-electron chi connectivity index (χ1n) is 7.38. The molecule has 0 aliphatic carbocycles. The zero-order valence-corrected chi connectivity index (χ0v) is 13.1. The zero-order chi connectivity index (χ0) is 15.9. The van der Waals surface area contributed by atoms with E-state index in [1.807, 2.05) is 55.9 Å². The van der Waals surface area contributed by atoms with Crippen LogP contribution in [0.25, 0.3) is 10.9 Å². The Morgan fingerprint density at radius 1 is 1.27 bits per heavy atom. The molecule has 3 aromatic rings. The van der Waals surface area contributed by atoms with Crippen LogP contribution >= 0.6 is 0 Å². The van der Waals surface area contributed by atoms with E-state index in [1.165, 1.54) is 4.68 Å². The van der Waals surface area contributed by atoms with Crippen LogP contribution in [0.5, 0.6) is 0 Å². The van der Waals surface area contributed by atoms with Crippen molar-refractivity contribution in [3.8, 4) is 0 Å². The lowest BCUT2D eigenvalue weighted by molar-refractivity contribution is 0.0943. The van der Waals surface area contributed by atoms with Gasteiger partial charge < -0.3 is 10.3 Å². The van der Waals surface area contributed by atoms with E-state index >= 15 is 0 Å². The number of carbonyl (C=O) groups excluding carboxylic acids is 1. The molecule has 0 aliphatic rings. The van der Waals surface area contributed by atoms with E-state index in [0.29, 0.717) is 12.1 Å². The van der Waals surface area contributed by atoms with Crippen molar-refractivity contribution in [3.05, 3.63) is 53.0 Å². The van der Waals surface area contributed by atoms with Gasteiger partial charge in [0.2, 0.25) is 0 Å². The molecular formula is C17H20N4O. The third kappa shape index (κ3) is 2.14. The number of hydrogen-bond acceptors (Lipinski definition) is 3. The van der Waals surface area contributed by atoms with Gasteiger partial charge in [-0.1, -0.05) is 12.1 Å². The standard InChI is InChI=1S/C17H20N4O/c1-11-14(7-9-18)12(2)21(19-11)17(22)15-6-4-5-13-8-10-20(3)16(13)15/h4-6,8,10H,7,9,18H2,1-3H3. The molecule has 0 spiro atoms. The molecular weight excluding hydrogens is 276 g/mol. The third-order valence-electron chi connectivity index (χ3n) is 4.16. The molecule has 0 bridgehead atoms. The summed E-state index contributed by atoms with van der Waals surface area (Å²) >= 11 is 0. The minimum Gasteiger partial charge on any atom is -0.350 e. The van der Waals surface area contributed by atoms with Crippen molar-refractivity contribution in [1.82, 2.24) is 14.3 Å². The second-order valence-corrected chi connectivity index (χ2v) is 5.58. The summed E-state index contributed by atoms with van der Waals surface area (Å²) in [6.07, 6.45) is 2.70. The number of nitrogens with zero attached hydrogens (tertiary/aromatic N) is 3. The maximum absolute atomic E-state index is 13.0. The lowest BCUT2D eigenvalue weighted by Gasteiger charge is -2.07. The van der Waals surface area contributed by atoms with Crippen molar-refractivity contribution in [2.75, 3.05) is 6.54 Å². The number of aromatic nitrogens is 3. The molecule has 0 radical (unpaired) electrons. The predicted octanol–water partition coefficient (Wildman–Crippen LogP) is 2.18. The highest BCUT2D eigenvalue weighted by atomic mass is 16.2. The van der Waals surface area contributed by atoms with E-state index in [9.17, 15) is 4.79 Å². The Bertz CT molecular complexity index is 857. The molecule has 5 heteroatoms. The van der Waals surface area contributed by atoms with Crippen LogP contribution in [-0.4, -0.2) is 26.8 Å². The van der Waals surface area contributed by atoms with Gasteiger partial charge in [-0.25, -0.2) is 4.68 Å². The van der Waals surface area contributed by atoms with Gasteiger partial charge in [0.1, 0.15) is 0 Å². The number of fused-ring (bicyclic) bond motifs is 1. The van der Waals surface area contributed by atoms with Crippen LogP contribution in [0.4, 0.5) is 0 Å². The van der Waals surface area contributed by atoms with Gasteiger partial charge >= 0.3 is 0 Å². The van der Waals surface area contributed by atoms with Crippen LogP contribution in [0, 0.1) is 13.8 Å². The van der Waals surface area contributed by atoms with Crippen molar-refractivity contribution < 1.29 is 4.79 Å². The Hall–Kier alpha value is -2.40. The van der Waals surface area contributed by atoms with E-state index < -0.39 is 0 Å². The van der Waals surface area contributed by atoms with Gasteiger partial charge in [-0.05, 0) is 44.5 Å². The molecule has 3 rings (SSSR count). The number of carbonyl (C=O) groups is 1. The largest absolute Gasteiger partial charge is 0.350 e. The molecule has 0 atom stereocenters. The lowest BCUT2D eigenvalue weighted by atomic mass is 10.1. The second kappa shape index (κ2) is 5.42. The summed E-state index contributed by atoms with van der Waals surface area (Å²) in [4.78, 5) is 13.0. The fourth-order valence-electron chi connectivity index (χ4n) is 3.02.